The van der Waals surface area contributed by atoms with E-state index in [-0.39, 0.29) is 5.69 Å². The minimum absolute atomic E-state index is 0.226. The molecule has 10 heteroatoms. The predicted octanol–water partition coefficient (Wildman–Crippen LogP) is 3.89. The third-order valence-electron chi connectivity index (χ3n) is 4.92. The highest BCUT2D eigenvalue weighted by atomic mass is 19.4. The highest BCUT2D eigenvalue weighted by molar-refractivity contribution is 5.99. The smallest absolute Gasteiger partial charge is 0.388 e. The zero-order chi connectivity index (χ0) is 22.2. The Hall–Kier alpha value is -3.82. The number of rotatable bonds is 6. The molecular weight excluding hydrogens is 411 g/mol. The molecule has 1 amide bonds. The summed E-state index contributed by atoms with van der Waals surface area (Å²) in [6, 6.07) is 10.8. The molecule has 0 bridgehead atoms. The van der Waals surface area contributed by atoms with Gasteiger partial charge < -0.3 is 19.6 Å². The molecule has 0 unspecified atom stereocenters. The topological polar surface area (TPSA) is 88.0 Å². The van der Waals surface area contributed by atoms with Crippen LogP contribution in [0, 0.1) is 0 Å². The Balaban J connectivity index is 1.80. The zero-order valence-corrected chi connectivity index (χ0v) is 16.4. The first-order valence-corrected chi connectivity index (χ1v) is 9.34. The van der Waals surface area contributed by atoms with Gasteiger partial charge in [-0.15, -0.1) is 13.2 Å². The third-order valence-corrected chi connectivity index (χ3v) is 4.92. The summed E-state index contributed by atoms with van der Waals surface area (Å²) in [6.45, 7) is 2.26. The van der Waals surface area contributed by atoms with Gasteiger partial charge in [0.2, 0.25) is 5.88 Å². The lowest BCUT2D eigenvalue weighted by Gasteiger charge is -2.18. The van der Waals surface area contributed by atoms with Crippen LogP contribution >= 0.6 is 0 Å². The third kappa shape index (κ3) is 4.23. The number of hydrogen-bond acceptors (Lipinski definition) is 4. The molecule has 2 N–H and O–H groups in total. The number of carbonyl (C=O) groups excluding carboxylic acids is 1. The second-order valence-corrected chi connectivity index (χ2v) is 6.97. The molecule has 0 saturated carbocycles. The highest BCUT2D eigenvalue weighted by Gasteiger charge is 2.32. The summed E-state index contributed by atoms with van der Waals surface area (Å²) in [6.07, 6.45) is 0.326. The van der Waals surface area contributed by atoms with E-state index in [9.17, 15) is 18.0 Å². The van der Waals surface area contributed by atoms with Crippen LogP contribution in [0.25, 0.3) is 10.9 Å². The number of imidazole rings is 1. The highest BCUT2D eigenvalue weighted by Crippen LogP contribution is 2.31. The molecule has 4 aromatic rings. The number of primary amides is 1. The van der Waals surface area contributed by atoms with Crippen LogP contribution in [0.4, 0.5) is 13.2 Å². The summed E-state index contributed by atoms with van der Waals surface area (Å²) < 4.78 is 45.3. The van der Waals surface area contributed by atoms with Gasteiger partial charge in [0.25, 0.3) is 5.91 Å². The Morgan fingerprint density at radius 2 is 2.00 bits per heavy atom. The van der Waals surface area contributed by atoms with Gasteiger partial charge in [-0.3, -0.25) is 4.79 Å². The molecule has 4 rings (SSSR count). The fourth-order valence-electron chi connectivity index (χ4n) is 3.61. The van der Waals surface area contributed by atoms with Crippen LogP contribution < -0.4 is 10.5 Å². The first kappa shape index (κ1) is 20.5. The lowest BCUT2D eigenvalue weighted by Crippen LogP contribution is -2.21. The molecule has 0 radical (unpaired) electrons. The van der Waals surface area contributed by atoms with Crippen molar-refractivity contribution in [1.82, 2.24) is 19.1 Å². The maximum absolute atomic E-state index is 12.6. The van der Waals surface area contributed by atoms with Crippen LogP contribution in [0.5, 0.6) is 5.88 Å². The minimum atomic E-state index is -4.85. The van der Waals surface area contributed by atoms with Crippen LogP contribution in [0.3, 0.4) is 0 Å². The van der Waals surface area contributed by atoms with Crippen molar-refractivity contribution < 1.29 is 22.7 Å². The van der Waals surface area contributed by atoms with Gasteiger partial charge in [0, 0.05) is 35.9 Å². The molecule has 1 atom stereocenters. The summed E-state index contributed by atoms with van der Waals surface area (Å²) in [7, 11) is 0. The molecule has 0 aliphatic carbocycles. The van der Waals surface area contributed by atoms with E-state index in [0.29, 0.717) is 17.8 Å². The Labute approximate surface area is 174 Å². The number of fused-ring (bicyclic) bond motifs is 1. The number of alkyl halides is 3. The Bertz CT molecular complexity index is 1230. The van der Waals surface area contributed by atoms with Gasteiger partial charge in [0.1, 0.15) is 5.69 Å². The largest absolute Gasteiger partial charge is 0.574 e. The van der Waals surface area contributed by atoms with Gasteiger partial charge in [-0.25, -0.2) is 9.97 Å². The standard InChI is InChI=1S/C21H18F3N5O2/c1-13(16-5-3-7-19(27-16)31-21(22,23)24)29-17-6-2-4-14(11-28-9-8-26-12-28)15(17)10-18(29)20(25)30/h2-10,12-13H,11H2,1H3,(H2,25,30)/t13-/m1/s1. The molecule has 0 fully saturated rings. The van der Waals surface area contributed by atoms with Crippen LogP contribution in [-0.2, 0) is 6.54 Å². The number of carbonyl (C=O) groups is 1. The number of nitrogens with zero attached hydrogens (tertiary/aromatic N) is 4. The monoisotopic (exact) mass is 429 g/mol. The molecule has 0 aliphatic heterocycles. The van der Waals surface area contributed by atoms with E-state index >= 15 is 0 Å². The van der Waals surface area contributed by atoms with Crippen molar-refractivity contribution in [1.29, 1.82) is 0 Å². The lowest BCUT2D eigenvalue weighted by atomic mass is 10.1. The summed E-state index contributed by atoms with van der Waals surface area (Å²) in [4.78, 5) is 20.2. The number of benzene rings is 1. The number of halogens is 3. The van der Waals surface area contributed by atoms with Crippen LogP contribution in [0.15, 0.2) is 61.2 Å². The fraction of sp³-hybridized carbons (Fsp3) is 0.190. The molecule has 3 aromatic heterocycles. The molecular formula is C21H18F3N5O2. The van der Waals surface area contributed by atoms with Crippen molar-refractivity contribution in [2.75, 3.05) is 0 Å². The van der Waals surface area contributed by atoms with Crippen molar-refractivity contribution >= 4 is 16.8 Å². The maximum atomic E-state index is 12.6. The van der Waals surface area contributed by atoms with Gasteiger partial charge >= 0.3 is 6.36 Å². The van der Waals surface area contributed by atoms with E-state index in [1.807, 2.05) is 29.0 Å². The lowest BCUT2D eigenvalue weighted by molar-refractivity contribution is -0.276. The van der Waals surface area contributed by atoms with E-state index in [0.717, 1.165) is 17.0 Å². The summed E-state index contributed by atoms with van der Waals surface area (Å²) in [5, 5.41) is 0.805. The van der Waals surface area contributed by atoms with E-state index in [1.54, 1.807) is 36.1 Å². The second-order valence-electron chi connectivity index (χ2n) is 6.97. The maximum Gasteiger partial charge on any atom is 0.574 e. The number of ether oxygens (including phenoxy) is 1. The normalized spacial score (nSPS) is 12.8. The molecule has 31 heavy (non-hydrogen) atoms. The van der Waals surface area contributed by atoms with E-state index < -0.39 is 24.2 Å². The van der Waals surface area contributed by atoms with E-state index in [4.69, 9.17) is 5.73 Å². The second kappa shape index (κ2) is 7.78. The van der Waals surface area contributed by atoms with Crippen molar-refractivity contribution in [2.45, 2.75) is 25.9 Å². The number of pyridine rings is 1. The molecule has 1 aromatic carbocycles. The molecule has 3 heterocycles. The zero-order valence-electron chi connectivity index (χ0n) is 16.4. The average Bonchev–Trinajstić information content (AvgIpc) is 3.34. The number of nitrogens with two attached hydrogens (primary N) is 1. The quantitative estimate of drug-likeness (QED) is 0.504. The molecule has 0 spiro atoms. The minimum Gasteiger partial charge on any atom is -0.388 e. The van der Waals surface area contributed by atoms with Crippen LogP contribution in [0.1, 0.15) is 34.7 Å². The molecule has 0 saturated heterocycles. The number of amides is 1. The van der Waals surface area contributed by atoms with Crippen molar-refractivity contribution in [2.24, 2.45) is 5.73 Å². The van der Waals surface area contributed by atoms with Crippen molar-refractivity contribution in [3.8, 4) is 5.88 Å². The Morgan fingerprint density at radius 1 is 1.23 bits per heavy atom. The fourth-order valence-corrected chi connectivity index (χ4v) is 3.61. The van der Waals surface area contributed by atoms with Gasteiger partial charge in [-0.2, -0.15) is 0 Å². The first-order chi connectivity index (χ1) is 14.7. The van der Waals surface area contributed by atoms with Crippen LogP contribution in [0.2, 0.25) is 0 Å². The summed E-state index contributed by atoms with van der Waals surface area (Å²) in [5.74, 6) is -1.23. The van der Waals surface area contributed by atoms with Gasteiger partial charge in [-0.1, -0.05) is 18.2 Å². The number of hydrogen-bond donors (Lipinski definition) is 1. The number of aromatic nitrogens is 4. The molecule has 0 aliphatic rings. The van der Waals surface area contributed by atoms with E-state index in [1.165, 1.54) is 6.07 Å². The molecule has 7 nitrogen and oxygen atoms in total. The van der Waals surface area contributed by atoms with Crippen molar-refractivity contribution in [3.05, 3.63) is 78.1 Å². The van der Waals surface area contributed by atoms with Gasteiger partial charge in [-0.05, 0) is 30.7 Å². The van der Waals surface area contributed by atoms with Crippen molar-refractivity contribution in [3.63, 3.8) is 0 Å². The SMILES string of the molecule is C[C@H](c1cccc(OC(F)(F)F)n1)n1c(C(N)=O)cc2c(Cn3ccnc3)cccc21. The Kier molecular flexibility index (Phi) is 5.14. The predicted molar refractivity (Wildman–Crippen MR) is 107 cm³/mol. The Morgan fingerprint density at radius 3 is 2.68 bits per heavy atom. The average molecular weight is 429 g/mol. The molecule has 160 valence electrons. The van der Waals surface area contributed by atoms with E-state index in [2.05, 4.69) is 14.7 Å². The van der Waals surface area contributed by atoms with Gasteiger partial charge in [0.15, 0.2) is 0 Å². The van der Waals surface area contributed by atoms with Gasteiger partial charge in [0.05, 0.1) is 18.1 Å². The summed E-state index contributed by atoms with van der Waals surface area (Å²) >= 11 is 0. The van der Waals surface area contributed by atoms with Crippen LogP contribution in [-0.4, -0.2) is 31.4 Å². The summed E-state index contributed by atoms with van der Waals surface area (Å²) in [5.41, 5.74) is 7.79. The first-order valence-electron chi connectivity index (χ1n) is 9.34.